The lowest BCUT2D eigenvalue weighted by Gasteiger charge is -2.33. The number of ether oxygens (including phenoxy) is 4. The minimum Gasteiger partial charge on any atom is -0.492 e. The fraction of sp³-hybridized carbons (Fsp3) is 0.459. The molecule has 0 amide bonds. The van der Waals surface area contributed by atoms with Gasteiger partial charge in [-0.2, -0.15) is 0 Å². The Morgan fingerprint density at radius 1 is 0.333 bits per heavy atom. The van der Waals surface area contributed by atoms with Crippen LogP contribution in [0.2, 0.25) is 0 Å². The Kier molecular flexibility index (Phi) is 17.9. The first-order chi connectivity index (χ1) is 38.5. The van der Waals surface area contributed by atoms with Gasteiger partial charge < -0.3 is 18.9 Å². The number of hydrogen-bond acceptors (Lipinski definition) is 4. The smallest absolute Gasteiger partial charge is 0.131 e. The minimum absolute atomic E-state index is 0.404. The molecule has 4 nitrogen and oxygen atoms in total. The van der Waals surface area contributed by atoms with Gasteiger partial charge in [0.1, 0.15) is 23.0 Å². The molecule has 2 heterocycles. The van der Waals surface area contributed by atoms with Crippen LogP contribution in [0.4, 0.5) is 0 Å². The summed E-state index contributed by atoms with van der Waals surface area (Å²) in [6.07, 6.45) is 25.5. The summed E-state index contributed by atoms with van der Waals surface area (Å²) < 4.78 is 27.7. The van der Waals surface area contributed by atoms with Crippen molar-refractivity contribution in [2.75, 3.05) is 26.4 Å². The molecule has 0 radical (unpaired) electrons. The second-order valence-electron chi connectivity index (χ2n) is 24.1. The van der Waals surface area contributed by atoms with Crippen LogP contribution in [0.15, 0.2) is 133 Å². The van der Waals surface area contributed by atoms with Crippen molar-refractivity contribution in [3.8, 4) is 45.3 Å². The average molecular weight is 1040 g/mol. The molecule has 0 unspecified atom stereocenters. The van der Waals surface area contributed by atoms with Crippen LogP contribution >= 0.6 is 0 Å². The molecule has 0 spiro atoms. The van der Waals surface area contributed by atoms with Crippen LogP contribution in [-0.2, 0) is 12.8 Å². The normalized spacial score (nSPS) is 19.8. The molecule has 12 rings (SSSR count). The SMILES string of the molecule is CCCC1CCC(C2COc3ccc4ccccc4c3-c3c(ccc4ccccc34)OC2)CC1.CCCCCc1cc2ccccc2c2c1OCC(C1CCC(CCC)CC1)COc1c(CCCCC)cc3ccccc3c1-2. The van der Waals surface area contributed by atoms with E-state index in [4.69, 9.17) is 18.9 Å². The largest absolute Gasteiger partial charge is 0.492 e. The van der Waals surface area contributed by atoms with Gasteiger partial charge in [0.05, 0.1) is 26.4 Å². The van der Waals surface area contributed by atoms with E-state index in [1.807, 2.05) is 0 Å². The molecule has 0 aromatic heterocycles. The van der Waals surface area contributed by atoms with Gasteiger partial charge in [-0.05, 0) is 154 Å². The van der Waals surface area contributed by atoms with Gasteiger partial charge >= 0.3 is 0 Å². The Hall–Kier alpha value is -6.00. The first-order valence-electron chi connectivity index (χ1n) is 31.2. The molecule has 0 bridgehead atoms. The number of unbranched alkanes of at least 4 members (excludes halogenated alkanes) is 4. The van der Waals surface area contributed by atoms with Crippen molar-refractivity contribution in [1.82, 2.24) is 0 Å². The Labute approximate surface area is 467 Å². The third-order valence-corrected chi connectivity index (χ3v) is 18.8. The predicted octanol–water partition coefficient (Wildman–Crippen LogP) is 20.8. The molecule has 2 fully saturated rings. The maximum absolute atomic E-state index is 7.18. The van der Waals surface area contributed by atoms with E-state index in [-0.39, 0.29) is 0 Å². The molecule has 2 aliphatic carbocycles. The Bertz CT molecular complexity index is 3070. The fourth-order valence-corrected chi connectivity index (χ4v) is 14.5. The van der Waals surface area contributed by atoms with Gasteiger partial charge in [-0.3, -0.25) is 0 Å². The van der Waals surface area contributed by atoms with Crippen LogP contribution in [0.25, 0.3) is 65.3 Å². The number of rotatable bonds is 14. The molecule has 2 aliphatic heterocycles. The van der Waals surface area contributed by atoms with Crippen molar-refractivity contribution in [2.24, 2.45) is 35.5 Å². The minimum atomic E-state index is 0.404. The van der Waals surface area contributed by atoms with Crippen LogP contribution < -0.4 is 18.9 Å². The third-order valence-electron chi connectivity index (χ3n) is 18.8. The van der Waals surface area contributed by atoms with Crippen LogP contribution in [0.3, 0.4) is 0 Å². The maximum Gasteiger partial charge on any atom is 0.131 e. The lowest BCUT2D eigenvalue weighted by atomic mass is 9.75. The zero-order valence-electron chi connectivity index (χ0n) is 47.8. The van der Waals surface area contributed by atoms with E-state index in [1.165, 1.54) is 181 Å². The maximum atomic E-state index is 7.18. The second kappa shape index (κ2) is 25.9. The van der Waals surface area contributed by atoms with E-state index in [0.717, 1.165) is 85.2 Å². The lowest BCUT2D eigenvalue weighted by Crippen LogP contribution is -2.31. The first kappa shape index (κ1) is 54.0. The van der Waals surface area contributed by atoms with Crippen molar-refractivity contribution in [3.63, 3.8) is 0 Å². The molecule has 0 saturated heterocycles. The Balaban J connectivity index is 0.000000171. The zero-order chi connectivity index (χ0) is 53.2. The summed E-state index contributed by atoms with van der Waals surface area (Å²) >= 11 is 0. The van der Waals surface area contributed by atoms with Gasteiger partial charge in [0.25, 0.3) is 0 Å². The van der Waals surface area contributed by atoms with Crippen molar-refractivity contribution in [1.29, 1.82) is 0 Å². The number of hydrogen-bond donors (Lipinski definition) is 0. The van der Waals surface area contributed by atoms with Gasteiger partial charge in [-0.15, -0.1) is 0 Å². The van der Waals surface area contributed by atoms with Gasteiger partial charge in [-0.25, -0.2) is 0 Å². The highest BCUT2D eigenvalue weighted by Gasteiger charge is 2.34. The van der Waals surface area contributed by atoms with Crippen LogP contribution in [0, 0.1) is 35.5 Å². The summed E-state index contributed by atoms with van der Waals surface area (Å²) in [7, 11) is 0. The van der Waals surface area contributed by atoms with Crippen molar-refractivity contribution < 1.29 is 18.9 Å². The molecule has 78 heavy (non-hydrogen) atoms. The highest BCUT2D eigenvalue weighted by Crippen LogP contribution is 2.52. The molecule has 4 aliphatic rings. The summed E-state index contributed by atoms with van der Waals surface area (Å²) in [6.45, 7) is 12.2. The molecule has 2 saturated carbocycles. The molecular weight excluding hydrogens is 953 g/mol. The first-order valence-corrected chi connectivity index (χ1v) is 31.2. The molecule has 4 heteroatoms. The molecule has 8 aromatic carbocycles. The van der Waals surface area contributed by atoms with Gasteiger partial charge in [0.15, 0.2) is 0 Å². The van der Waals surface area contributed by atoms with E-state index in [9.17, 15) is 0 Å². The van der Waals surface area contributed by atoms with Crippen molar-refractivity contribution in [2.45, 2.75) is 156 Å². The van der Waals surface area contributed by atoms with Gasteiger partial charge in [-0.1, -0.05) is 214 Å². The standard InChI is InChI=1S/C42H54O2.C32H34O2/c1-4-7-9-18-34-26-32-16-11-13-20-37(32)39-40-38-21-14-12-17-33(38)27-35(19-10-8-5-2)42(40)44-29-36(28-43-41(34)39)31-24-22-30(15-6-3)23-25-31;1-2-7-22-12-14-23(15-13-22)26-20-33-29-18-16-24-8-3-5-10-27(24)31(29)32-28-11-6-4-9-25(28)17-19-30(32)34-21-26/h11-14,16-17,20-21,26-27,30-31,36H,4-10,15,18-19,22-25,28-29H2,1-3H3;3-6,8-11,16-19,22-23,26H,2,7,12-15,20-21H2,1H3. The lowest BCUT2D eigenvalue weighted by molar-refractivity contribution is 0.0975. The Morgan fingerprint density at radius 3 is 1.08 bits per heavy atom. The van der Waals surface area contributed by atoms with Gasteiger partial charge in [0, 0.05) is 34.1 Å². The Morgan fingerprint density at radius 2 is 0.692 bits per heavy atom. The van der Waals surface area contributed by atoms with Crippen molar-refractivity contribution >= 4 is 43.1 Å². The van der Waals surface area contributed by atoms with E-state index < -0.39 is 0 Å². The molecular formula is C74H88O4. The fourth-order valence-electron chi connectivity index (χ4n) is 14.5. The van der Waals surface area contributed by atoms with Crippen LogP contribution in [0.5, 0.6) is 23.0 Å². The van der Waals surface area contributed by atoms with Crippen LogP contribution in [-0.4, -0.2) is 26.4 Å². The summed E-state index contributed by atoms with van der Waals surface area (Å²) in [4.78, 5) is 0. The van der Waals surface area contributed by atoms with E-state index in [0.29, 0.717) is 23.7 Å². The summed E-state index contributed by atoms with van der Waals surface area (Å²) in [6, 6.07) is 48.8. The molecule has 8 aromatic rings. The highest BCUT2D eigenvalue weighted by molar-refractivity contribution is 6.12. The highest BCUT2D eigenvalue weighted by atomic mass is 16.5. The van der Waals surface area contributed by atoms with Crippen molar-refractivity contribution in [3.05, 3.63) is 145 Å². The zero-order valence-corrected chi connectivity index (χ0v) is 47.8. The third kappa shape index (κ3) is 11.8. The summed E-state index contributed by atoms with van der Waals surface area (Å²) in [5, 5.41) is 10.1. The molecule has 408 valence electrons. The summed E-state index contributed by atoms with van der Waals surface area (Å²) in [5.41, 5.74) is 7.57. The van der Waals surface area contributed by atoms with Crippen LogP contribution in [0.1, 0.15) is 154 Å². The van der Waals surface area contributed by atoms with Gasteiger partial charge in [0.2, 0.25) is 0 Å². The quantitative estimate of drug-likeness (QED) is 0.102. The number of fused-ring (bicyclic) bond motifs is 14. The number of benzene rings is 8. The van der Waals surface area contributed by atoms with E-state index in [1.54, 1.807) is 0 Å². The van der Waals surface area contributed by atoms with E-state index >= 15 is 0 Å². The van der Waals surface area contributed by atoms with E-state index in [2.05, 4.69) is 161 Å². The molecule has 0 atom stereocenters. The topological polar surface area (TPSA) is 36.9 Å². The number of aryl methyl sites for hydroxylation is 2. The average Bonchev–Trinajstić information content (AvgIpc) is 3.67. The second-order valence-corrected chi connectivity index (χ2v) is 24.1. The molecule has 0 N–H and O–H groups in total. The predicted molar refractivity (Wildman–Crippen MR) is 330 cm³/mol. The summed E-state index contributed by atoms with van der Waals surface area (Å²) in [5.74, 6) is 8.18. The monoisotopic (exact) mass is 1040 g/mol.